The minimum atomic E-state index is 0.382. The summed E-state index contributed by atoms with van der Waals surface area (Å²) in [6.07, 6.45) is 2.77. The van der Waals surface area contributed by atoms with E-state index in [0.29, 0.717) is 17.5 Å². The van der Waals surface area contributed by atoms with Gasteiger partial charge in [-0.2, -0.15) is 5.26 Å². The van der Waals surface area contributed by atoms with E-state index < -0.39 is 0 Å². The fourth-order valence-corrected chi connectivity index (χ4v) is 2.65. The third-order valence-corrected chi connectivity index (χ3v) is 3.69. The first-order valence-corrected chi connectivity index (χ1v) is 7.05. The molecule has 0 aliphatic rings. The Bertz CT molecular complexity index is 640. The van der Waals surface area contributed by atoms with Gasteiger partial charge in [-0.1, -0.05) is 32.0 Å². The van der Waals surface area contributed by atoms with Gasteiger partial charge in [-0.3, -0.25) is 4.98 Å². The fourth-order valence-electron chi connectivity index (χ4n) is 2.65. The molecule has 1 aromatic heterocycles. The second kappa shape index (κ2) is 5.92. The van der Waals surface area contributed by atoms with Gasteiger partial charge >= 0.3 is 0 Å². The van der Waals surface area contributed by atoms with Crippen molar-refractivity contribution in [1.29, 1.82) is 5.26 Å². The Morgan fingerprint density at radius 2 is 1.95 bits per heavy atom. The van der Waals surface area contributed by atoms with Gasteiger partial charge in [0.05, 0.1) is 16.8 Å². The highest BCUT2D eigenvalue weighted by Gasteiger charge is 2.18. The summed E-state index contributed by atoms with van der Waals surface area (Å²) in [6, 6.07) is 10.7. The van der Waals surface area contributed by atoms with Crippen LogP contribution in [0.15, 0.2) is 30.5 Å². The van der Waals surface area contributed by atoms with Crippen LogP contribution in [0, 0.1) is 17.2 Å². The van der Waals surface area contributed by atoms with Crippen molar-refractivity contribution < 1.29 is 0 Å². The maximum Gasteiger partial charge on any atom is 0.103 e. The van der Waals surface area contributed by atoms with Crippen LogP contribution in [0.25, 0.3) is 10.9 Å². The molecule has 1 heterocycles. The Kier molecular flexibility index (Phi) is 4.24. The predicted molar refractivity (Wildman–Crippen MR) is 83.8 cm³/mol. The zero-order valence-corrected chi connectivity index (χ0v) is 12.6. The van der Waals surface area contributed by atoms with Crippen LogP contribution in [0.2, 0.25) is 0 Å². The first-order valence-electron chi connectivity index (χ1n) is 7.05. The second-order valence-electron chi connectivity index (χ2n) is 5.74. The molecule has 1 aromatic carbocycles. The Hall–Kier alpha value is -2.08. The summed E-state index contributed by atoms with van der Waals surface area (Å²) in [5.41, 5.74) is 2.57. The van der Waals surface area contributed by atoms with Crippen molar-refractivity contribution in [1.82, 2.24) is 4.98 Å². The molecule has 0 saturated carbocycles. The highest BCUT2D eigenvalue weighted by Crippen LogP contribution is 2.30. The van der Waals surface area contributed by atoms with Crippen LogP contribution in [0.3, 0.4) is 0 Å². The van der Waals surface area contributed by atoms with Gasteiger partial charge in [0.2, 0.25) is 0 Å². The van der Waals surface area contributed by atoms with Crippen molar-refractivity contribution in [2.24, 2.45) is 5.92 Å². The molecule has 0 saturated heterocycles. The number of para-hydroxylation sites is 1. The minimum absolute atomic E-state index is 0.382. The molecular formula is C17H21N3. The average molecular weight is 267 g/mol. The zero-order valence-electron chi connectivity index (χ0n) is 12.6. The van der Waals surface area contributed by atoms with E-state index in [1.54, 1.807) is 6.20 Å². The van der Waals surface area contributed by atoms with E-state index in [1.807, 2.05) is 24.3 Å². The highest BCUT2D eigenvalue weighted by atomic mass is 15.1. The minimum Gasteiger partial charge on any atom is -0.370 e. The van der Waals surface area contributed by atoms with Gasteiger partial charge in [0.25, 0.3) is 0 Å². The number of anilines is 1. The molecule has 0 aliphatic carbocycles. The average Bonchev–Trinajstić information content (AvgIpc) is 2.44. The number of nitriles is 1. The van der Waals surface area contributed by atoms with Crippen molar-refractivity contribution in [2.75, 3.05) is 11.9 Å². The van der Waals surface area contributed by atoms with E-state index in [1.165, 1.54) is 0 Å². The Morgan fingerprint density at radius 1 is 1.25 bits per heavy atom. The molecule has 3 heteroatoms. The topological polar surface area (TPSA) is 39.9 Å². The van der Waals surface area contributed by atoms with Crippen molar-refractivity contribution >= 4 is 16.6 Å². The number of aromatic nitrogens is 1. The lowest BCUT2D eigenvalue weighted by molar-refractivity contribution is 0.504. The molecule has 104 valence electrons. The van der Waals surface area contributed by atoms with E-state index in [9.17, 15) is 5.26 Å². The van der Waals surface area contributed by atoms with E-state index in [0.717, 1.165) is 23.0 Å². The number of hydrogen-bond donors (Lipinski definition) is 0. The zero-order chi connectivity index (χ0) is 14.7. The van der Waals surface area contributed by atoms with Crippen LogP contribution in [0.5, 0.6) is 0 Å². The summed E-state index contributed by atoms with van der Waals surface area (Å²) in [4.78, 5) is 6.58. The Labute approximate surface area is 120 Å². The lowest BCUT2D eigenvalue weighted by Crippen LogP contribution is -2.31. The van der Waals surface area contributed by atoms with Crippen molar-refractivity contribution in [3.63, 3.8) is 0 Å². The van der Waals surface area contributed by atoms with Crippen molar-refractivity contribution in [3.05, 3.63) is 36.0 Å². The van der Waals surface area contributed by atoms with E-state index in [2.05, 4.69) is 43.8 Å². The predicted octanol–water partition coefficient (Wildman–Crippen LogP) is 3.98. The summed E-state index contributed by atoms with van der Waals surface area (Å²) in [5, 5.41) is 10.4. The normalized spacial score (nSPS) is 12.4. The van der Waals surface area contributed by atoms with Gasteiger partial charge in [-0.15, -0.1) is 0 Å². The van der Waals surface area contributed by atoms with Crippen LogP contribution < -0.4 is 4.90 Å². The molecule has 0 aliphatic heterocycles. The van der Waals surface area contributed by atoms with Crippen LogP contribution in [-0.2, 0) is 0 Å². The second-order valence-corrected chi connectivity index (χ2v) is 5.74. The number of pyridine rings is 1. The number of nitrogens with zero attached hydrogens (tertiary/aromatic N) is 3. The molecule has 2 rings (SSSR count). The fraction of sp³-hybridized carbons (Fsp3) is 0.412. The summed E-state index contributed by atoms with van der Waals surface area (Å²) in [5.74, 6) is 0.631. The van der Waals surface area contributed by atoms with Gasteiger partial charge in [0.15, 0.2) is 0 Å². The molecule has 0 bridgehead atoms. The monoisotopic (exact) mass is 267 g/mol. The molecule has 0 amide bonds. The highest BCUT2D eigenvalue weighted by molar-refractivity contribution is 5.94. The van der Waals surface area contributed by atoms with Gasteiger partial charge < -0.3 is 4.90 Å². The third-order valence-electron chi connectivity index (χ3n) is 3.69. The lowest BCUT2D eigenvalue weighted by atomic mass is 10.0. The molecule has 2 aromatic rings. The van der Waals surface area contributed by atoms with Gasteiger partial charge in [-0.25, -0.2) is 0 Å². The van der Waals surface area contributed by atoms with E-state index in [-0.39, 0.29) is 0 Å². The molecule has 0 fully saturated rings. The maximum atomic E-state index is 9.37. The quantitative estimate of drug-likeness (QED) is 0.841. The van der Waals surface area contributed by atoms with Crippen LogP contribution in [0.1, 0.15) is 32.8 Å². The molecule has 0 N–H and O–H groups in total. The Balaban J connectivity index is 2.54. The first kappa shape index (κ1) is 14.3. The van der Waals surface area contributed by atoms with Crippen molar-refractivity contribution in [3.8, 4) is 6.07 Å². The largest absolute Gasteiger partial charge is 0.370 e. The number of fused-ring (bicyclic) bond motifs is 1. The van der Waals surface area contributed by atoms with Crippen LogP contribution >= 0.6 is 0 Å². The first-order chi connectivity index (χ1) is 9.54. The smallest absolute Gasteiger partial charge is 0.103 e. The molecule has 1 atom stereocenters. The summed E-state index contributed by atoms with van der Waals surface area (Å²) >= 11 is 0. The van der Waals surface area contributed by atoms with E-state index >= 15 is 0 Å². The number of benzene rings is 1. The molecule has 3 nitrogen and oxygen atoms in total. The van der Waals surface area contributed by atoms with E-state index in [4.69, 9.17) is 0 Å². The standard InChI is InChI=1S/C17H21N3/c1-12(2)9-13(3)20(4)17-14(10-18)11-19-16-8-6-5-7-15(16)17/h5-8,11-13H,9H2,1-4H3. The number of rotatable bonds is 4. The molecule has 0 spiro atoms. The lowest BCUT2D eigenvalue weighted by Gasteiger charge is -2.30. The van der Waals surface area contributed by atoms with Gasteiger partial charge in [-0.05, 0) is 25.3 Å². The molecule has 1 unspecified atom stereocenters. The van der Waals surface area contributed by atoms with Gasteiger partial charge in [0, 0.05) is 24.7 Å². The third kappa shape index (κ3) is 2.75. The molecular weight excluding hydrogens is 246 g/mol. The summed E-state index contributed by atoms with van der Waals surface area (Å²) in [6.45, 7) is 6.65. The number of hydrogen-bond acceptors (Lipinski definition) is 3. The van der Waals surface area contributed by atoms with Gasteiger partial charge in [0.1, 0.15) is 6.07 Å². The van der Waals surface area contributed by atoms with Crippen molar-refractivity contribution in [2.45, 2.75) is 33.2 Å². The maximum absolute atomic E-state index is 9.37. The van der Waals surface area contributed by atoms with Crippen LogP contribution in [-0.4, -0.2) is 18.1 Å². The molecule has 0 radical (unpaired) electrons. The van der Waals surface area contributed by atoms with Crippen LogP contribution in [0.4, 0.5) is 5.69 Å². The molecule has 20 heavy (non-hydrogen) atoms. The SMILES string of the molecule is CC(C)CC(C)N(C)c1c(C#N)cnc2ccccc12. The summed E-state index contributed by atoms with van der Waals surface area (Å²) < 4.78 is 0. The Morgan fingerprint density at radius 3 is 2.60 bits per heavy atom. The summed E-state index contributed by atoms with van der Waals surface area (Å²) in [7, 11) is 2.07.